The minimum atomic E-state index is -0.892. The SMILES string of the molecule is CC(=O)O[C@@H]1CC[C@@]2(C)[C@@H](CC[C@@H]3[C@@H]2[C@H](F)C[C@]2(C)[C@@H](C(=O)CO)CC[C@@H]32)C1. The van der Waals surface area contributed by atoms with Crippen molar-refractivity contribution in [3.8, 4) is 0 Å². The first-order valence-electron chi connectivity index (χ1n) is 11.2. The number of carbonyl (C=O) groups is 2. The van der Waals surface area contributed by atoms with E-state index in [1.165, 1.54) is 6.92 Å². The fourth-order valence-electron chi connectivity index (χ4n) is 8.25. The molecule has 0 heterocycles. The average molecular weight is 395 g/mol. The molecule has 0 aromatic rings. The highest BCUT2D eigenvalue weighted by atomic mass is 19.1. The number of ether oxygens (including phenoxy) is 1. The molecule has 4 aliphatic rings. The van der Waals surface area contributed by atoms with E-state index in [1.54, 1.807) is 0 Å². The molecule has 4 rings (SSSR count). The molecule has 0 aromatic heterocycles. The van der Waals surface area contributed by atoms with Gasteiger partial charge >= 0.3 is 5.97 Å². The summed E-state index contributed by atoms with van der Waals surface area (Å²) in [6.07, 6.45) is 6.00. The van der Waals surface area contributed by atoms with Gasteiger partial charge in [-0.1, -0.05) is 13.8 Å². The summed E-state index contributed by atoms with van der Waals surface area (Å²) in [7, 11) is 0. The van der Waals surface area contributed by atoms with E-state index in [2.05, 4.69) is 13.8 Å². The highest BCUT2D eigenvalue weighted by Crippen LogP contribution is 2.68. The van der Waals surface area contributed by atoms with Crippen molar-refractivity contribution in [2.24, 2.45) is 40.4 Å². The number of carbonyl (C=O) groups excluding carboxylic acids is 2. The number of alkyl halides is 1. The van der Waals surface area contributed by atoms with Gasteiger partial charge in [0.05, 0.1) is 0 Å². The van der Waals surface area contributed by atoms with Crippen molar-refractivity contribution in [1.82, 2.24) is 0 Å². The molecule has 28 heavy (non-hydrogen) atoms. The van der Waals surface area contributed by atoms with Crippen molar-refractivity contribution < 1.29 is 23.8 Å². The molecule has 0 amide bonds. The summed E-state index contributed by atoms with van der Waals surface area (Å²) in [6, 6.07) is 0. The number of ketones is 1. The third kappa shape index (κ3) is 2.95. The van der Waals surface area contributed by atoms with Crippen LogP contribution in [0.4, 0.5) is 4.39 Å². The summed E-state index contributed by atoms with van der Waals surface area (Å²) >= 11 is 0. The van der Waals surface area contributed by atoms with Crippen LogP contribution in [-0.4, -0.2) is 35.7 Å². The lowest BCUT2D eigenvalue weighted by Gasteiger charge is -2.61. The van der Waals surface area contributed by atoms with Crippen molar-refractivity contribution in [2.75, 3.05) is 6.61 Å². The highest BCUT2D eigenvalue weighted by molar-refractivity contribution is 5.83. The zero-order chi connectivity index (χ0) is 20.3. The molecule has 0 bridgehead atoms. The molecular formula is C23H35FO4. The van der Waals surface area contributed by atoms with Gasteiger partial charge in [0.25, 0.3) is 0 Å². The van der Waals surface area contributed by atoms with Crippen LogP contribution in [-0.2, 0) is 14.3 Å². The van der Waals surface area contributed by atoms with Crippen LogP contribution in [0.1, 0.15) is 72.1 Å². The van der Waals surface area contributed by atoms with Crippen molar-refractivity contribution in [1.29, 1.82) is 0 Å². The van der Waals surface area contributed by atoms with Crippen LogP contribution in [0.25, 0.3) is 0 Å². The van der Waals surface area contributed by atoms with E-state index < -0.39 is 12.8 Å². The third-order valence-corrected chi connectivity index (χ3v) is 9.38. The van der Waals surface area contributed by atoms with Crippen LogP contribution < -0.4 is 0 Å². The van der Waals surface area contributed by atoms with Gasteiger partial charge in [-0.15, -0.1) is 0 Å². The van der Waals surface area contributed by atoms with Crippen LogP contribution in [0.15, 0.2) is 0 Å². The van der Waals surface area contributed by atoms with E-state index in [0.29, 0.717) is 24.2 Å². The predicted molar refractivity (Wildman–Crippen MR) is 103 cm³/mol. The normalized spacial score (nSPS) is 50.2. The molecule has 4 saturated carbocycles. The molecule has 0 spiro atoms. The molecule has 0 aliphatic heterocycles. The number of rotatable bonds is 3. The Morgan fingerprint density at radius 2 is 1.86 bits per heavy atom. The van der Waals surface area contributed by atoms with Gasteiger partial charge in [-0.2, -0.15) is 0 Å². The first-order chi connectivity index (χ1) is 13.2. The van der Waals surface area contributed by atoms with E-state index in [0.717, 1.165) is 44.9 Å². The Labute approximate surface area is 167 Å². The van der Waals surface area contributed by atoms with Crippen molar-refractivity contribution >= 4 is 11.8 Å². The molecule has 9 atom stereocenters. The van der Waals surface area contributed by atoms with E-state index in [9.17, 15) is 14.7 Å². The summed E-state index contributed by atoms with van der Waals surface area (Å²) in [6.45, 7) is 5.43. The molecule has 4 fully saturated rings. The fourth-order valence-corrected chi connectivity index (χ4v) is 8.25. The number of hydrogen-bond donors (Lipinski definition) is 1. The van der Waals surface area contributed by atoms with Crippen molar-refractivity contribution in [3.05, 3.63) is 0 Å². The number of aliphatic hydroxyl groups excluding tert-OH is 1. The minimum absolute atomic E-state index is 0.0166. The van der Waals surface area contributed by atoms with Gasteiger partial charge in [-0.3, -0.25) is 9.59 Å². The second-order valence-corrected chi connectivity index (χ2v) is 10.6. The maximum atomic E-state index is 15.8. The smallest absolute Gasteiger partial charge is 0.302 e. The molecule has 1 N–H and O–H groups in total. The van der Waals surface area contributed by atoms with Gasteiger partial charge in [0, 0.05) is 12.8 Å². The Balaban J connectivity index is 1.58. The summed E-state index contributed by atoms with van der Waals surface area (Å²) in [4.78, 5) is 23.7. The maximum Gasteiger partial charge on any atom is 0.302 e. The molecule has 0 radical (unpaired) electrons. The Bertz CT molecular complexity index is 651. The monoisotopic (exact) mass is 394 g/mol. The van der Waals surface area contributed by atoms with Crippen molar-refractivity contribution in [3.63, 3.8) is 0 Å². The first-order valence-corrected chi connectivity index (χ1v) is 11.2. The largest absolute Gasteiger partial charge is 0.463 e. The Morgan fingerprint density at radius 3 is 2.54 bits per heavy atom. The lowest BCUT2D eigenvalue weighted by molar-refractivity contribution is -0.173. The van der Waals surface area contributed by atoms with E-state index in [4.69, 9.17) is 4.74 Å². The molecule has 158 valence electrons. The minimum Gasteiger partial charge on any atom is -0.463 e. The standard InChI is InChI=1S/C23H35FO4/c1-13(26)28-15-8-9-22(2)14(10-15)4-5-16-17-6-7-18(20(27)12-25)23(17,3)11-19(24)21(16)22/h14-19,21,25H,4-12H2,1-3H3/t14-,15+,16-,17-,18+,19+,21+,22-,23-/m0/s1. The van der Waals surface area contributed by atoms with Gasteiger partial charge in [0.1, 0.15) is 18.9 Å². The van der Waals surface area contributed by atoms with Crippen LogP contribution in [0.2, 0.25) is 0 Å². The number of Topliss-reactive ketones (excluding diaryl/α,β-unsaturated/α-hetero) is 1. The topological polar surface area (TPSA) is 63.6 Å². The molecule has 0 saturated heterocycles. The van der Waals surface area contributed by atoms with Crippen LogP contribution >= 0.6 is 0 Å². The summed E-state index contributed by atoms with van der Waals surface area (Å²) in [5, 5.41) is 9.40. The third-order valence-electron chi connectivity index (χ3n) is 9.38. The highest BCUT2D eigenvalue weighted by Gasteiger charge is 2.64. The van der Waals surface area contributed by atoms with Gasteiger partial charge in [-0.05, 0) is 85.9 Å². The molecule has 0 unspecified atom stereocenters. The average Bonchev–Trinajstić information content (AvgIpc) is 2.97. The number of hydrogen-bond acceptors (Lipinski definition) is 4. The summed E-state index contributed by atoms with van der Waals surface area (Å²) in [5.74, 6) is 0.663. The maximum absolute atomic E-state index is 15.8. The number of fused-ring (bicyclic) bond motifs is 5. The number of esters is 1. The second-order valence-electron chi connectivity index (χ2n) is 10.6. The quantitative estimate of drug-likeness (QED) is 0.733. The van der Waals surface area contributed by atoms with Crippen LogP contribution in [0.5, 0.6) is 0 Å². The van der Waals surface area contributed by atoms with Gasteiger partial charge < -0.3 is 9.84 Å². The Kier molecular flexibility index (Phi) is 5.13. The number of aliphatic hydroxyl groups is 1. The Morgan fingerprint density at radius 1 is 1.11 bits per heavy atom. The fraction of sp³-hybridized carbons (Fsp3) is 0.913. The molecule has 5 heteroatoms. The van der Waals surface area contributed by atoms with Crippen LogP contribution in [0.3, 0.4) is 0 Å². The van der Waals surface area contributed by atoms with E-state index in [1.807, 2.05) is 0 Å². The zero-order valence-corrected chi connectivity index (χ0v) is 17.5. The Hall–Kier alpha value is -0.970. The van der Waals surface area contributed by atoms with Crippen LogP contribution in [0, 0.1) is 40.4 Å². The summed E-state index contributed by atoms with van der Waals surface area (Å²) < 4.78 is 21.3. The van der Waals surface area contributed by atoms with Gasteiger partial charge in [0.2, 0.25) is 0 Å². The molecule has 4 nitrogen and oxygen atoms in total. The summed E-state index contributed by atoms with van der Waals surface area (Å²) in [5.41, 5.74) is -0.349. The predicted octanol–water partition coefficient (Wildman–Crippen LogP) is 4.09. The first kappa shape index (κ1) is 20.3. The lowest BCUT2D eigenvalue weighted by Crippen LogP contribution is -2.58. The van der Waals surface area contributed by atoms with Gasteiger partial charge in [0.15, 0.2) is 5.78 Å². The second kappa shape index (κ2) is 7.07. The zero-order valence-electron chi connectivity index (χ0n) is 17.5. The molecule has 0 aromatic carbocycles. The van der Waals surface area contributed by atoms with E-state index in [-0.39, 0.29) is 40.5 Å². The van der Waals surface area contributed by atoms with E-state index >= 15 is 4.39 Å². The number of halogens is 1. The van der Waals surface area contributed by atoms with Crippen molar-refractivity contribution in [2.45, 2.75) is 84.4 Å². The molecular weight excluding hydrogens is 359 g/mol. The molecule has 4 aliphatic carbocycles. The van der Waals surface area contributed by atoms with Gasteiger partial charge in [-0.25, -0.2) is 4.39 Å². The lowest BCUT2D eigenvalue weighted by atomic mass is 9.44.